The number of hydrogen-bond acceptors (Lipinski definition) is 9. The zero-order valence-corrected chi connectivity index (χ0v) is 41.7. The zero-order valence-electron chi connectivity index (χ0n) is 41.7. The second-order valence-corrected chi connectivity index (χ2v) is 23.7. The molecule has 0 saturated heterocycles. The highest BCUT2D eigenvalue weighted by atomic mass is 16.5. The van der Waals surface area contributed by atoms with Crippen molar-refractivity contribution in [1.29, 1.82) is 0 Å². The molecule has 0 amide bonds. The summed E-state index contributed by atoms with van der Waals surface area (Å²) in [5, 5.41) is 43.8. The van der Waals surface area contributed by atoms with Gasteiger partial charge in [-0.1, -0.05) is 51.3 Å². The van der Waals surface area contributed by atoms with Crippen LogP contribution >= 0.6 is 0 Å². The number of carboxylic acid groups (broad SMARTS) is 2. The molecule has 0 spiro atoms. The summed E-state index contributed by atoms with van der Waals surface area (Å²) < 4.78 is 13.5. The molecular weight excluding hydrogens is 857 g/mol. The number of aliphatic hydroxyl groups excluding tert-OH is 1. The van der Waals surface area contributed by atoms with E-state index in [4.69, 9.17) is 15.2 Å². The van der Waals surface area contributed by atoms with Gasteiger partial charge in [-0.15, -0.1) is 5.92 Å². The van der Waals surface area contributed by atoms with E-state index in [2.05, 4.69) is 68.8 Å². The van der Waals surface area contributed by atoms with E-state index in [1.807, 2.05) is 19.9 Å². The first-order valence-electron chi connectivity index (χ1n) is 26.4. The fraction of sp³-hybridized carbons (Fsp3) is 0.737. The van der Waals surface area contributed by atoms with Crippen LogP contribution in [-0.4, -0.2) is 95.4 Å². The van der Waals surface area contributed by atoms with Crippen molar-refractivity contribution in [1.82, 2.24) is 0 Å². The number of rotatable bonds is 14. The van der Waals surface area contributed by atoms with Gasteiger partial charge < -0.3 is 40.5 Å². The molecule has 11 nitrogen and oxygen atoms in total. The van der Waals surface area contributed by atoms with Crippen molar-refractivity contribution in [2.45, 2.75) is 161 Å². The van der Waals surface area contributed by atoms with E-state index in [-0.39, 0.29) is 70.7 Å². The molecule has 9 rings (SSSR count). The number of carbonyl (C=O) groups is 3. The number of nitrogens with zero attached hydrogens (tertiary/aromatic N) is 1. The largest absolute Gasteiger partial charge is 0.481 e. The lowest BCUT2D eigenvalue weighted by Gasteiger charge is -2.64. The van der Waals surface area contributed by atoms with Gasteiger partial charge in [0.1, 0.15) is 5.60 Å². The highest BCUT2D eigenvalue weighted by Crippen LogP contribution is 2.70. The summed E-state index contributed by atoms with van der Waals surface area (Å²) in [5.41, 5.74) is 10.9. The zero-order chi connectivity index (χ0) is 48.5. The summed E-state index contributed by atoms with van der Waals surface area (Å²) >= 11 is 0. The van der Waals surface area contributed by atoms with E-state index in [0.717, 1.165) is 82.9 Å². The molecule has 6 N–H and O–H groups in total. The quantitative estimate of drug-likeness (QED) is 0.0892. The number of nitrogens with two attached hydrogens (primary N) is 1. The first-order chi connectivity index (χ1) is 32.4. The number of hydrogen-bond donors (Lipinski definition) is 5. The summed E-state index contributed by atoms with van der Waals surface area (Å²) in [7, 11) is 2.14. The van der Waals surface area contributed by atoms with Gasteiger partial charge in [0.2, 0.25) is 0 Å². The molecule has 11 heteroatoms. The second kappa shape index (κ2) is 18.9. The Morgan fingerprint density at radius 3 is 2.37 bits per heavy atom. The molecule has 0 unspecified atom stereocenters. The lowest BCUT2D eigenvalue weighted by molar-refractivity contribution is -0.218. The van der Waals surface area contributed by atoms with Crippen LogP contribution in [0, 0.1) is 81.3 Å². The van der Waals surface area contributed by atoms with Crippen molar-refractivity contribution in [2.24, 2.45) is 75.2 Å². The molecular formula is C57H80N2O9. The number of allylic oxidation sites excluding steroid dienone is 4. The Morgan fingerprint density at radius 1 is 0.912 bits per heavy atom. The van der Waals surface area contributed by atoms with Gasteiger partial charge in [-0.25, -0.2) is 0 Å². The number of ketones is 1. The third-order valence-corrected chi connectivity index (χ3v) is 20.9. The van der Waals surface area contributed by atoms with Gasteiger partial charge in [0, 0.05) is 43.6 Å². The summed E-state index contributed by atoms with van der Waals surface area (Å²) in [6, 6.07) is 9.08. The lowest BCUT2D eigenvalue weighted by atomic mass is 9.43. The molecule has 6 saturated carbocycles. The maximum Gasteiger partial charge on any atom is 0.317 e. The first-order valence-corrected chi connectivity index (χ1v) is 26.4. The predicted molar refractivity (Wildman–Crippen MR) is 261 cm³/mol. The number of ether oxygens (including phenoxy) is 2. The van der Waals surface area contributed by atoms with Crippen LogP contribution in [0.5, 0.6) is 0 Å². The summed E-state index contributed by atoms with van der Waals surface area (Å²) in [6.07, 6.45) is 13.8. The van der Waals surface area contributed by atoms with Crippen molar-refractivity contribution in [3.8, 4) is 11.8 Å². The van der Waals surface area contributed by atoms with Crippen LogP contribution in [0.1, 0.15) is 142 Å². The molecule has 0 heterocycles. The molecule has 0 bridgehead atoms. The topological polar surface area (TPSA) is 180 Å². The van der Waals surface area contributed by atoms with Crippen LogP contribution in [0.3, 0.4) is 0 Å². The average Bonchev–Trinajstić information content (AvgIpc) is 3.80. The average molecular weight is 937 g/mol. The van der Waals surface area contributed by atoms with Crippen LogP contribution in [-0.2, 0) is 23.9 Å². The van der Waals surface area contributed by atoms with E-state index in [0.29, 0.717) is 56.8 Å². The Morgan fingerprint density at radius 2 is 1.66 bits per heavy atom. The Hall–Kier alpha value is -3.53. The van der Waals surface area contributed by atoms with E-state index in [9.17, 15) is 34.8 Å². The third-order valence-electron chi connectivity index (χ3n) is 20.9. The maximum absolute atomic E-state index is 12.6. The number of anilines is 1. The molecule has 8 aliphatic rings. The van der Waals surface area contributed by atoms with Crippen LogP contribution in [0.25, 0.3) is 0 Å². The minimum Gasteiger partial charge on any atom is -0.481 e. The van der Waals surface area contributed by atoms with Gasteiger partial charge in [0.25, 0.3) is 0 Å². The first kappa shape index (κ1) is 49.5. The highest BCUT2D eigenvalue weighted by Gasteiger charge is 2.67. The van der Waals surface area contributed by atoms with Gasteiger partial charge >= 0.3 is 11.9 Å². The third kappa shape index (κ3) is 8.22. The molecule has 0 aliphatic heterocycles. The summed E-state index contributed by atoms with van der Waals surface area (Å²) in [5.74, 6) is 4.42. The Balaban J connectivity index is 0.859. The maximum atomic E-state index is 12.6. The molecule has 1 aromatic rings. The number of aliphatic carboxylic acids is 2. The number of carboxylic acids is 2. The number of aliphatic hydroxyl groups is 2. The van der Waals surface area contributed by atoms with Crippen LogP contribution in [0.15, 0.2) is 47.1 Å². The summed E-state index contributed by atoms with van der Waals surface area (Å²) in [4.78, 5) is 38.6. The van der Waals surface area contributed by atoms with E-state index >= 15 is 0 Å². The van der Waals surface area contributed by atoms with Crippen molar-refractivity contribution in [2.75, 3.05) is 38.3 Å². The van der Waals surface area contributed by atoms with Gasteiger partial charge in [-0.05, 0) is 190 Å². The molecule has 0 radical (unpaired) electrons. The minimum absolute atomic E-state index is 0.00443. The van der Waals surface area contributed by atoms with Crippen molar-refractivity contribution < 1.29 is 44.3 Å². The van der Waals surface area contributed by atoms with Crippen molar-refractivity contribution in [3.05, 3.63) is 52.6 Å². The monoisotopic (exact) mass is 937 g/mol. The molecule has 6 fully saturated rings. The minimum atomic E-state index is -1.45. The molecule has 16 atom stereocenters. The van der Waals surface area contributed by atoms with Gasteiger partial charge in [-0.3, -0.25) is 14.4 Å². The van der Waals surface area contributed by atoms with Crippen molar-refractivity contribution in [3.63, 3.8) is 0 Å². The number of benzene rings is 1. The van der Waals surface area contributed by atoms with E-state index in [1.54, 1.807) is 0 Å². The number of fused-ring (bicyclic) bond motifs is 9. The second-order valence-electron chi connectivity index (χ2n) is 23.7. The van der Waals surface area contributed by atoms with Crippen molar-refractivity contribution >= 4 is 23.4 Å². The van der Waals surface area contributed by atoms with Crippen LogP contribution in [0.2, 0.25) is 0 Å². The molecule has 372 valence electrons. The highest BCUT2D eigenvalue weighted by molar-refractivity contribution is 5.93. The Kier molecular flexibility index (Phi) is 13.7. The van der Waals surface area contributed by atoms with Crippen LogP contribution in [0.4, 0.5) is 5.69 Å². The predicted octanol–water partition coefficient (Wildman–Crippen LogP) is 8.56. The lowest BCUT2D eigenvalue weighted by Crippen LogP contribution is -2.63. The molecule has 8 aliphatic carbocycles. The Labute approximate surface area is 405 Å². The summed E-state index contributed by atoms with van der Waals surface area (Å²) in [6.45, 7) is 13.0. The van der Waals surface area contributed by atoms with E-state index in [1.165, 1.54) is 22.3 Å². The molecule has 68 heavy (non-hydrogen) atoms. The van der Waals surface area contributed by atoms with Gasteiger partial charge in [-0.2, -0.15) is 0 Å². The normalized spacial score (nSPS) is 40.9. The van der Waals surface area contributed by atoms with Crippen LogP contribution < -0.4 is 10.6 Å². The smallest absolute Gasteiger partial charge is 0.317 e. The van der Waals surface area contributed by atoms with E-state index < -0.39 is 35.0 Å². The fourth-order valence-electron chi connectivity index (χ4n) is 17.3. The number of likely N-dealkylation sites (N-methyl/N-ethyl adjacent to an activating group) is 1. The van der Waals surface area contributed by atoms with Gasteiger partial charge in [0.05, 0.1) is 31.5 Å². The SMILES string of the molecule is CC#C[C@@]1(O)CC[C@H]2[C@@H]3CCC4=CC(=O)CCC4=C3[C@@H](c3ccc(N(C)CCO[C@H]4CC[C@@]5(C)[C@@H](C4)C[C@@H](OCCN)[C@@H]4[C@@H]5C[C@H](O)[C@]5(C)[C@@H]([C@H](C)CC(C(=O)O)C(=O)O)CC[C@@H]45)cc3)C[C@@]21C. The Bertz CT molecular complexity index is 2210. The fourth-order valence-corrected chi connectivity index (χ4v) is 17.3. The number of carbonyl (C=O) groups excluding carboxylic acids is 1. The molecule has 1 aromatic carbocycles. The van der Waals surface area contributed by atoms with Gasteiger partial charge in [0.15, 0.2) is 11.7 Å². The standard InChI is InChI=1S/C57H80N2O9/c1-7-20-57(66)22-19-45-41-14-10-35-28-38(60)13-15-40(35)50(41)43(32-55(45,57)4)34-8-11-37(12-9-34)59(6)24-26-67-39-18-21-54(3)36(29-39)30-48(68-25-23-58)51-46-17-16-44(56(46,5)49(61)31-47(51)54)33(2)27-42(52(62)63)53(64)65/h8-9,11-12,28,33,36,39,41-49,51,61,66H,10,13-19,21-27,29-32,58H2,1-6H3,(H,62,63)(H,64,65)/t33-,36+,39+,41+,43-,44-,45+,46+,47+,48-,49+,51+,54+,55+,56-,57-/m1/s1. The molecule has 0 aromatic heterocycles.